The first-order valence-electron chi connectivity index (χ1n) is 11.7. The van der Waals surface area contributed by atoms with Crippen LogP contribution in [0.5, 0.6) is 5.75 Å². The minimum atomic E-state index is -0.436. The number of nitrogens with zero attached hydrogens (tertiary/aromatic N) is 3. The van der Waals surface area contributed by atoms with Gasteiger partial charge >= 0.3 is 0 Å². The first kappa shape index (κ1) is 22.8. The topological polar surface area (TPSA) is 59.4 Å². The van der Waals surface area contributed by atoms with E-state index in [0.29, 0.717) is 43.9 Å². The van der Waals surface area contributed by atoms with Crippen molar-refractivity contribution in [3.63, 3.8) is 0 Å². The monoisotopic (exact) mass is 470 g/mol. The van der Waals surface area contributed by atoms with Gasteiger partial charge in [0.05, 0.1) is 6.54 Å². The molecule has 1 amide bonds. The lowest BCUT2D eigenvalue weighted by Gasteiger charge is -2.24. The smallest absolute Gasteiger partial charge is 0.251 e. The summed E-state index contributed by atoms with van der Waals surface area (Å²) < 4.78 is 22.6. The van der Waals surface area contributed by atoms with E-state index >= 15 is 0 Å². The fraction of sp³-hybridized carbons (Fsp3) is 0.214. The molecule has 2 heterocycles. The van der Waals surface area contributed by atoms with E-state index in [1.807, 2.05) is 71.5 Å². The van der Waals surface area contributed by atoms with Crippen LogP contribution in [0.3, 0.4) is 0 Å². The summed E-state index contributed by atoms with van der Waals surface area (Å²) in [5.41, 5.74) is 3.20. The number of benzene rings is 3. The van der Waals surface area contributed by atoms with Crippen LogP contribution in [0.4, 0.5) is 4.39 Å². The maximum atomic E-state index is 14.5. The van der Waals surface area contributed by atoms with Gasteiger partial charge in [-0.1, -0.05) is 48.5 Å². The van der Waals surface area contributed by atoms with E-state index in [1.54, 1.807) is 18.3 Å². The Hall–Kier alpha value is -3.97. The third-order valence-electron chi connectivity index (χ3n) is 6.12. The average molecular weight is 471 g/mol. The number of nitrogens with one attached hydrogen (secondary N) is 1. The van der Waals surface area contributed by atoms with Gasteiger partial charge in [0, 0.05) is 55.3 Å². The Morgan fingerprint density at radius 1 is 1.06 bits per heavy atom. The highest BCUT2D eigenvalue weighted by Crippen LogP contribution is 2.31. The molecule has 0 aliphatic carbocycles. The Morgan fingerprint density at radius 2 is 1.91 bits per heavy atom. The number of carbonyl (C=O) groups excluding carboxylic acids is 1. The summed E-state index contributed by atoms with van der Waals surface area (Å²) in [5, 5.41) is 7.25. The lowest BCUT2D eigenvalue weighted by atomic mass is 10.1. The summed E-state index contributed by atoms with van der Waals surface area (Å²) in [6.07, 6.45) is 3.19. The molecule has 6 nitrogen and oxygen atoms in total. The van der Waals surface area contributed by atoms with E-state index in [9.17, 15) is 9.18 Å². The van der Waals surface area contributed by atoms with Crippen molar-refractivity contribution >= 4 is 5.91 Å². The van der Waals surface area contributed by atoms with Crippen LogP contribution in [-0.4, -0.2) is 40.2 Å². The van der Waals surface area contributed by atoms with Crippen molar-refractivity contribution in [2.24, 2.45) is 0 Å². The molecule has 1 aliphatic rings. The van der Waals surface area contributed by atoms with Gasteiger partial charge in [-0.3, -0.25) is 14.4 Å². The maximum absolute atomic E-state index is 14.5. The van der Waals surface area contributed by atoms with Gasteiger partial charge in [-0.2, -0.15) is 5.10 Å². The number of carbonyl (C=O) groups is 1. The summed E-state index contributed by atoms with van der Waals surface area (Å²) in [6.45, 7) is 2.87. The molecule has 0 saturated carbocycles. The number of fused-ring (bicyclic) bond motifs is 1. The predicted molar refractivity (Wildman–Crippen MR) is 132 cm³/mol. The van der Waals surface area contributed by atoms with Crippen molar-refractivity contribution in [2.75, 3.05) is 19.6 Å². The van der Waals surface area contributed by atoms with Gasteiger partial charge in [-0.25, -0.2) is 4.39 Å². The summed E-state index contributed by atoms with van der Waals surface area (Å²) in [6, 6.07) is 24.0. The summed E-state index contributed by atoms with van der Waals surface area (Å²) in [7, 11) is 0. The number of aromatic nitrogens is 2. The fourth-order valence-electron chi connectivity index (χ4n) is 4.37. The van der Waals surface area contributed by atoms with Gasteiger partial charge in [-0.15, -0.1) is 0 Å². The number of hydrogen-bond acceptors (Lipinski definition) is 4. The van der Waals surface area contributed by atoms with Gasteiger partial charge in [0.25, 0.3) is 5.91 Å². The van der Waals surface area contributed by atoms with Gasteiger partial charge in [0.2, 0.25) is 0 Å². The standard InChI is InChI=1S/C28H27FN4O2/c29-25-11-3-2-10-24(25)27-20-32(19-23-8-1-4-12-26(23)35-27)16-14-30-28(34)22-9-5-7-21(17-22)18-33-15-6-13-31-33/h1-13,15,17,27H,14,16,18-20H2,(H,30,34). The molecule has 0 saturated heterocycles. The van der Waals surface area contributed by atoms with Gasteiger partial charge < -0.3 is 10.1 Å². The summed E-state index contributed by atoms with van der Waals surface area (Å²) in [4.78, 5) is 15.0. The largest absolute Gasteiger partial charge is 0.484 e. The molecule has 0 bridgehead atoms. The predicted octanol–water partition coefficient (Wildman–Crippen LogP) is 4.44. The zero-order chi connectivity index (χ0) is 24.0. The molecule has 1 atom stereocenters. The number of para-hydroxylation sites is 1. The van der Waals surface area contributed by atoms with Crippen molar-refractivity contribution in [2.45, 2.75) is 19.2 Å². The van der Waals surface area contributed by atoms with Crippen LogP contribution in [0.1, 0.15) is 33.2 Å². The van der Waals surface area contributed by atoms with Crippen molar-refractivity contribution in [3.05, 3.63) is 119 Å². The lowest BCUT2D eigenvalue weighted by molar-refractivity contribution is 0.0942. The first-order valence-corrected chi connectivity index (χ1v) is 11.7. The highest BCUT2D eigenvalue weighted by atomic mass is 19.1. The summed E-state index contributed by atoms with van der Waals surface area (Å²) >= 11 is 0. The van der Waals surface area contributed by atoms with Crippen LogP contribution < -0.4 is 10.1 Å². The lowest BCUT2D eigenvalue weighted by Crippen LogP contribution is -2.36. The fourth-order valence-corrected chi connectivity index (χ4v) is 4.37. The van der Waals surface area contributed by atoms with Crippen molar-refractivity contribution < 1.29 is 13.9 Å². The van der Waals surface area contributed by atoms with Crippen molar-refractivity contribution in [1.29, 1.82) is 0 Å². The van der Waals surface area contributed by atoms with E-state index in [0.717, 1.165) is 16.9 Å². The number of hydrogen-bond donors (Lipinski definition) is 1. The van der Waals surface area contributed by atoms with Gasteiger partial charge in [0.1, 0.15) is 17.7 Å². The zero-order valence-electron chi connectivity index (χ0n) is 19.3. The number of rotatable bonds is 7. The van der Waals surface area contributed by atoms with E-state index < -0.39 is 6.10 Å². The minimum absolute atomic E-state index is 0.121. The molecule has 1 aromatic heterocycles. The molecule has 1 N–H and O–H groups in total. The molecule has 0 fully saturated rings. The van der Waals surface area contributed by atoms with E-state index in [-0.39, 0.29) is 11.7 Å². The molecule has 1 unspecified atom stereocenters. The van der Waals surface area contributed by atoms with E-state index in [2.05, 4.69) is 15.3 Å². The average Bonchev–Trinajstić information content (AvgIpc) is 3.30. The van der Waals surface area contributed by atoms with Crippen LogP contribution in [0.15, 0.2) is 91.3 Å². The van der Waals surface area contributed by atoms with Gasteiger partial charge in [-0.05, 0) is 35.9 Å². The number of ether oxygens (including phenoxy) is 1. The molecule has 0 spiro atoms. The maximum Gasteiger partial charge on any atom is 0.251 e. The van der Waals surface area contributed by atoms with Crippen LogP contribution in [0, 0.1) is 5.82 Å². The van der Waals surface area contributed by atoms with Crippen molar-refractivity contribution in [3.8, 4) is 5.75 Å². The molecule has 0 radical (unpaired) electrons. The molecular formula is C28H27FN4O2. The Kier molecular flexibility index (Phi) is 6.86. The highest BCUT2D eigenvalue weighted by Gasteiger charge is 2.26. The Labute approximate surface area is 204 Å². The van der Waals surface area contributed by atoms with Crippen LogP contribution in [-0.2, 0) is 13.1 Å². The Bertz CT molecular complexity index is 1290. The zero-order valence-corrected chi connectivity index (χ0v) is 19.3. The normalized spacial score (nSPS) is 15.6. The minimum Gasteiger partial charge on any atom is -0.484 e. The first-order chi connectivity index (χ1) is 17.2. The van der Waals surface area contributed by atoms with Crippen LogP contribution >= 0.6 is 0 Å². The second-order valence-electron chi connectivity index (χ2n) is 8.63. The molecule has 4 aromatic rings. The molecule has 1 aliphatic heterocycles. The van der Waals surface area contributed by atoms with Crippen LogP contribution in [0.2, 0.25) is 0 Å². The number of amides is 1. The third-order valence-corrected chi connectivity index (χ3v) is 6.12. The Balaban J connectivity index is 1.24. The number of halogens is 1. The van der Waals surface area contributed by atoms with Gasteiger partial charge in [0.15, 0.2) is 0 Å². The second kappa shape index (κ2) is 10.5. The molecule has 178 valence electrons. The van der Waals surface area contributed by atoms with E-state index in [1.165, 1.54) is 6.07 Å². The summed E-state index contributed by atoms with van der Waals surface area (Å²) in [5.74, 6) is 0.367. The second-order valence-corrected chi connectivity index (χ2v) is 8.63. The molecule has 5 rings (SSSR count). The molecular weight excluding hydrogens is 443 g/mol. The SMILES string of the molecule is O=C(NCCN1Cc2ccccc2OC(c2ccccc2F)C1)c1cccc(Cn2cccn2)c1. The third kappa shape index (κ3) is 5.58. The van der Waals surface area contributed by atoms with Crippen LogP contribution in [0.25, 0.3) is 0 Å². The van der Waals surface area contributed by atoms with E-state index in [4.69, 9.17) is 4.74 Å². The highest BCUT2D eigenvalue weighted by molar-refractivity contribution is 5.94. The molecule has 35 heavy (non-hydrogen) atoms. The molecule has 3 aromatic carbocycles. The Morgan fingerprint density at radius 3 is 2.77 bits per heavy atom. The van der Waals surface area contributed by atoms with Crippen molar-refractivity contribution in [1.82, 2.24) is 20.0 Å². The quantitative estimate of drug-likeness (QED) is 0.434. The molecule has 7 heteroatoms.